The summed E-state index contributed by atoms with van der Waals surface area (Å²) in [6, 6.07) is 21.5. The number of ether oxygens (including phenoxy) is 1. The molecule has 118 valence electrons. The van der Waals surface area contributed by atoms with Crippen molar-refractivity contribution >= 4 is 5.69 Å². The number of nitriles is 1. The highest BCUT2D eigenvalue weighted by atomic mass is 16.5. The highest BCUT2D eigenvalue weighted by Crippen LogP contribution is 2.30. The van der Waals surface area contributed by atoms with Crippen LogP contribution >= 0.6 is 0 Å². The van der Waals surface area contributed by atoms with Gasteiger partial charge in [-0.05, 0) is 36.8 Å². The highest BCUT2D eigenvalue weighted by Gasteiger charge is 2.09. The minimum absolute atomic E-state index is 0.310. The Hall–Kier alpha value is -3.32. The molecule has 2 aromatic carbocycles. The lowest BCUT2D eigenvalue weighted by Gasteiger charge is -2.13. The SMILES string of the molecule is Cc1cccc(CNc2ccccc2Oc2ncccc2C#N)c1. The van der Waals surface area contributed by atoms with Gasteiger partial charge >= 0.3 is 0 Å². The number of aryl methyl sites for hydroxylation is 1. The normalized spacial score (nSPS) is 10.0. The zero-order chi connectivity index (χ0) is 16.8. The highest BCUT2D eigenvalue weighted by molar-refractivity contribution is 5.58. The molecule has 0 aliphatic carbocycles. The summed E-state index contributed by atoms with van der Waals surface area (Å²) < 4.78 is 5.85. The number of nitrogens with zero attached hydrogens (tertiary/aromatic N) is 2. The van der Waals surface area contributed by atoms with Crippen LogP contribution in [0.5, 0.6) is 11.6 Å². The molecule has 0 aliphatic rings. The van der Waals surface area contributed by atoms with Crippen molar-refractivity contribution < 1.29 is 4.74 Å². The molecule has 0 aliphatic heterocycles. The van der Waals surface area contributed by atoms with Gasteiger partial charge in [0.25, 0.3) is 0 Å². The molecule has 0 bridgehead atoms. The maximum absolute atomic E-state index is 9.16. The molecule has 0 saturated carbocycles. The van der Waals surface area contributed by atoms with Crippen molar-refractivity contribution in [3.05, 3.63) is 83.6 Å². The van der Waals surface area contributed by atoms with Crippen LogP contribution in [-0.2, 0) is 6.54 Å². The van der Waals surface area contributed by atoms with Crippen molar-refractivity contribution in [2.45, 2.75) is 13.5 Å². The number of para-hydroxylation sites is 2. The first-order valence-corrected chi connectivity index (χ1v) is 7.67. The summed E-state index contributed by atoms with van der Waals surface area (Å²) in [5.74, 6) is 0.949. The molecule has 3 aromatic rings. The van der Waals surface area contributed by atoms with E-state index in [1.807, 2.05) is 30.3 Å². The summed E-state index contributed by atoms with van der Waals surface area (Å²) in [7, 11) is 0. The Kier molecular flexibility index (Phi) is 4.73. The lowest BCUT2D eigenvalue weighted by atomic mass is 10.1. The number of anilines is 1. The second kappa shape index (κ2) is 7.30. The third kappa shape index (κ3) is 3.71. The molecule has 0 amide bonds. The van der Waals surface area contributed by atoms with Crippen molar-refractivity contribution in [1.29, 1.82) is 5.26 Å². The van der Waals surface area contributed by atoms with Crippen LogP contribution in [0.4, 0.5) is 5.69 Å². The Bertz CT molecular complexity index is 884. The van der Waals surface area contributed by atoms with Crippen LogP contribution in [-0.4, -0.2) is 4.98 Å². The summed E-state index contributed by atoms with van der Waals surface area (Å²) in [6.07, 6.45) is 1.61. The Morgan fingerprint density at radius 1 is 1.08 bits per heavy atom. The molecule has 4 nitrogen and oxygen atoms in total. The quantitative estimate of drug-likeness (QED) is 0.743. The van der Waals surface area contributed by atoms with Crippen LogP contribution in [0.1, 0.15) is 16.7 Å². The van der Waals surface area contributed by atoms with Crippen molar-refractivity contribution in [2.24, 2.45) is 0 Å². The topological polar surface area (TPSA) is 57.9 Å². The zero-order valence-corrected chi connectivity index (χ0v) is 13.4. The number of benzene rings is 2. The Balaban J connectivity index is 1.79. The van der Waals surface area contributed by atoms with E-state index in [2.05, 4.69) is 41.5 Å². The minimum atomic E-state index is 0.310. The number of rotatable bonds is 5. The maximum Gasteiger partial charge on any atom is 0.237 e. The van der Waals surface area contributed by atoms with Gasteiger partial charge in [0.05, 0.1) is 5.69 Å². The van der Waals surface area contributed by atoms with E-state index >= 15 is 0 Å². The zero-order valence-electron chi connectivity index (χ0n) is 13.4. The molecule has 3 rings (SSSR count). The summed E-state index contributed by atoms with van der Waals surface area (Å²) in [5.41, 5.74) is 3.69. The van der Waals surface area contributed by atoms with Gasteiger partial charge in [-0.1, -0.05) is 42.0 Å². The average molecular weight is 315 g/mol. The number of aromatic nitrogens is 1. The molecule has 0 atom stereocenters. The predicted octanol–water partition coefficient (Wildman–Crippen LogP) is 4.67. The van der Waals surface area contributed by atoms with E-state index in [1.165, 1.54) is 11.1 Å². The van der Waals surface area contributed by atoms with Crippen molar-refractivity contribution in [2.75, 3.05) is 5.32 Å². The average Bonchev–Trinajstić information content (AvgIpc) is 2.61. The fourth-order valence-electron chi connectivity index (χ4n) is 2.38. The van der Waals surface area contributed by atoms with Gasteiger partial charge in [-0.2, -0.15) is 5.26 Å². The van der Waals surface area contributed by atoms with Crippen LogP contribution in [0.3, 0.4) is 0 Å². The second-order valence-electron chi connectivity index (χ2n) is 5.41. The van der Waals surface area contributed by atoms with Gasteiger partial charge in [0, 0.05) is 12.7 Å². The van der Waals surface area contributed by atoms with Gasteiger partial charge in [-0.15, -0.1) is 0 Å². The Morgan fingerprint density at radius 3 is 2.79 bits per heavy atom. The molecule has 0 unspecified atom stereocenters. The molecule has 0 fully saturated rings. The Morgan fingerprint density at radius 2 is 1.96 bits per heavy atom. The molecule has 24 heavy (non-hydrogen) atoms. The largest absolute Gasteiger partial charge is 0.436 e. The molecule has 0 spiro atoms. The van der Waals surface area contributed by atoms with Crippen molar-refractivity contribution in [3.63, 3.8) is 0 Å². The van der Waals surface area contributed by atoms with E-state index in [0.717, 1.165) is 5.69 Å². The molecular weight excluding hydrogens is 298 g/mol. The molecule has 1 N–H and O–H groups in total. The molecule has 1 aromatic heterocycles. The van der Waals surface area contributed by atoms with E-state index < -0.39 is 0 Å². The number of hydrogen-bond donors (Lipinski definition) is 1. The van der Waals surface area contributed by atoms with Gasteiger partial charge in [0.2, 0.25) is 5.88 Å². The monoisotopic (exact) mass is 315 g/mol. The summed E-state index contributed by atoms with van der Waals surface area (Å²) in [5, 5.41) is 12.5. The second-order valence-corrected chi connectivity index (χ2v) is 5.41. The van der Waals surface area contributed by atoms with Gasteiger partial charge in [-0.3, -0.25) is 0 Å². The lowest BCUT2D eigenvalue weighted by molar-refractivity contribution is 0.463. The number of hydrogen-bond acceptors (Lipinski definition) is 4. The van der Waals surface area contributed by atoms with E-state index in [0.29, 0.717) is 23.7 Å². The predicted molar refractivity (Wildman–Crippen MR) is 94.0 cm³/mol. The van der Waals surface area contributed by atoms with Gasteiger partial charge in [-0.25, -0.2) is 4.98 Å². The first-order chi connectivity index (χ1) is 11.8. The molecular formula is C20H17N3O. The van der Waals surface area contributed by atoms with Crippen molar-refractivity contribution in [3.8, 4) is 17.7 Å². The summed E-state index contributed by atoms with van der Waals surface area (Å²) in [6.45, 7) is 2.76. The smallest absolute Gasteiger partial charge is 0.237 e. The minimum Gasteiger partial charge on any atom is -0.436 e. The van der Waals surface area contributed by atoms with Crippen LogP contribution in [0.15, 0.2) is 66.9 Å². The third-order valence-corrected chi connectivity index (χ3v) is 3.55. The van der Waals surface area contributed by atoms with Crippen LogP contribution in [0.2, 0.25) is 0 Å². The van der Waals surface area contributed by atoms with E-state index in [4.69, 9.17) is 10.00 Å². The number of nitrogens with one attached hydrogen (secondary N) is 1. The van der Waals surface area contributed by atoms with E-state index in [-0.39, 0.29) is 0 Å². The fourth-order valence-corrected chi connectivity index (χ4v) is 2.38. The fraction of sp³-hybridized carbons (Fsp3) is 0.100. The van der Waals surface area contributed by atoms with Crippen LogP contribution < -0.4 is 10.1 Å². The molecule has 1 heterocycles. The van der Waals surface area contributed by atoms with Crippen LogP contribution in [0.25, 0.3) is 0 Å². The lowest BCUT2D eigenvalue weighted by Crippen LogP contribution is -2.02. The standard InChI is InChI=1S/C20H17N3O/c1-15-6-4-7-16(12-15)14-23-18-9-2-3-10-19(18)24-20-17(13-21)8-5-11-22-20/h2-12,23H,14H2,1H3. The van der Waals surface area contributed by atoms with Crippen molar-refractivity contribution in [1.82, 2.24) is 4.98 Å². The first kappa shape index (κ1) is 15.6. The maximum atomic E-state index is 9.16. The van der Waals surface area contributed by atoms with Crippen LogP contribution in [0, 0.1) is 18.3 Å². The van der Waals surface area contributed by atoms with Gasteiger partial charge < -0.3 is 10.1 Å². The molecule has 0 saturated heterocycles. The molecule has 0 radical (unpaired) electrons. The first-order valence-electron chi connectivity index (χ1n) is 7.67. The van der Waals surface area contributed by atoms with E-state index in [9.17, 15) is 0 Å². The third-order valence-electron chi connectivity index (χ3n) is 3.55. The summed E-state index contributed by atoms with van der Waals surface area (Å²) in [4.78, 5) is 4.14. The van der Waals surface area contributed by atoms with E-state index in [1.54, 1.807) is 18.3 Å². The number of pyridine rings is 1. The Labute approximate surface area is 141 Å². The molecule has 4 heteroatoms. The van der Waals surface area contributed by atoms with Gasteiger partial charge in [0.15, 0.2) is 5.75 Å². The van der Waals surface area contributed by atoms with Gasteiger partial charge in [0.1, 0.15) is 11.6 Å². The summed E-state index contributed by atoms with van der Waals surface area (Å²) >= 11 is 0.